The molecule has 7 heteroatoms. The molecule has 0 saturated carbocycles. The van der Waals surface area contributed by atoms with Gasteiger partial charge in [-0.05, 0) is 280 Å². The van der Waals surface area contributed by atoms with E-state index in [1.807, 2.05) is 0 Å². The zero-order valence-electron chi connectivity index (χ0n) is 87.1. The molecule has 6 aliphatic rings. The highest BCUT2D eigenvalue weighted by atomic mass is 15.2. The maximum Gasteiger partial charge on any atom is 0.252 e. The van der Waals surface area contributed by atoms with E-state index >= 15 is 0 Å². The van der Waals surface area contributed by atoms with E-state index in [0.717, 1.165) is 135 Å². The van der Waals surface area contributed by atoms with Crippen molar-refractivity contribution >= 4 is 136 Å². The Morgan fingerprint density at radius 1 is 0.192 bits per heavy atom. The number of hydrogen-bond acceptors (Lipinski definition) is 4. The summed E-state index contributed by atoms with van der Waals surface area (Å²) >= 11 is 0. The van der Waals surface area contributed by atoms with Crippen LogP contribution in [0.15, 0.2) is 406 Å². The molecule has 5 nitrogen and oxygen atoms in total. The smallest absolute Gasteiger partial charge is 0.252 e. The number of fused-ring (bicyclic) bond motifs is 21. The maximum absolute atomic E-state index is 2.81. The van der Waals surface area contributed by atoms with Crippen LogP contribution in [0.25, 0.3) is 105 Å². The fourth-order valence-corrected chi connectivity index (χ4v) is 25.5. The molecule has 19 aromatic carbocycles. The fourth-order valence-electron chi connectivity index (χ4n) is 25.5. The molecule has 708 valence electrons. The van der Waals surface area contributed by atoms with Gasteiger partial charge in [-0.25, -0.2) is 0 Å². The SMILES string of the molecule is CC(C)(C)c1cc(N2c3cc4c(cc3B3c5ccccc5N(c5c(-c6ccccc6)cc(C(C)(C)C)cc5-c5ccccc5)c5cc(-c6cccc7c6C6(c8ccccc8-c8ccccc86)c6ccccc6-7)cc2c53)B2c3ccccc3N(c3c(-c5ccccc5)cc(C(C)(C)C)cc3-c3ccccc3)c3cc(-n5c6ccccc6c6ccccc65)cc(c32)N4c2cc(C(C)(C)C)cc(C(C)(C)C)c2)cc(C(C)(C)C)c1. The lowest BCUT2D eigenvalue weighted by molar-refractivity contribution is 0.568. The lowest BCUT2D eigenvalue weighted by Gasteiger charge is -2.48. The summed E-state index contributed by atoms with van der Waals surface area (Å²) in [6.07, 6.45) is 0. The normalized spacial score (nSPS) is 14.1. The Labute approximate surface area is 862 Å². The second-order valence-corrected chi connectivity index (χ2v) is 47.9. The van der Waals surface area contributed by atoms with Crippen molar-refractivity contribution < 1.29 is 0 Å². The quantitative estimate of drug-likeness (QED) is 0.127. The molecule has 1 spiro atoms. The van der Waals surface area contributed by atoms with Crippen molar-refractivity contribution in [2.45, 2.75) is 163 Å². The minimum absolute atomic E-state index is 0.230. The van der Waals surface area contributed by atoms with Gasteiger partial charge in [0.25, 0.3) is 13.4 Å². The molecule has 0 unspecified atom stereocenters. The van der Waals surface area contributed by atoms with Crippen LogP contribution in [0.2, 0.25) is 0 Å². The van der Waals surface area contributed by atoms with Crippen molar-refractivity contribution in [3.63, 3.8) is 0 Å². The molecule has 0 amide bonds. The summed E-state index contributed by atoms with van der Waals surface area (Å²) in [4.78, 5) is 11.1. The Morgan fingerprint density at radius 3 is 0.863 bits per heavy atom. The molecule has 0 atom stereocenters. The predicted molar refractivity (Wildman–Crippen MR) is 625 cm³/mol. The Bertz CT molecular complexity index is 8520. The summed E-state index contributed by atoms with van der Waals surface area (Å²) in [5.74, 6) is 0. The summed E-state index contributed by atoms with van der Waals surface area (Å²) in [5, 5.41) is 2.41. The fraction of sp³-hybridized carbons (Fsp3) is 0.180. The number of anilines is 12. The largest absolute Gasteiger partial charge is 0.311 e. The van der Waals surface area contributed by atoms with Crippen LogP contribution in [0.1, 0.15) is 180 Å². The standard InChI is InChI=1S/C139H121B2N5/c1-133(2,3)91-72-92(134(4,5)6)75-97(74-91)143-122-85-123-117(141-115-65-40-44-69-121(115)146(132-109(88-50-27-21-28-51-88)80-96(138(16,17)18)81-110(132)89-52-29-22-30-53-89)127-83-99(142-118-66-41-34-57-104(118)105-58-35-42-67-119(105)142)82-126(130(127)141)144(123)98-76-93(135(7,8)9)73-94(77-98)136(10,11)12)84-116(122)140-114-64-39-43-68-120(114)145(131-107(86-46-23-19-24-47-86)78-95(137(13,14)15)79-108(131)87-48-25-20-26-49-87)125-71-90(70-124(143)129(125)140)100-59-45-60-106-103-56-33-38-63-113(103)139(128(100)106)111-61-36-31-54-101(111)102-55-32-37-62-112(102)139/h19-85H,1-18H3. The summed E-state index contributed by atoms with van der Waals surface area (Å²) in [6, 6.07) is 160. The minimum atomic E-state index is -0.701. The molecule has 0 N–H and O–H groups in total. The van der Waals surface area contributed by atoms with Gasteiger partial charge in [-0.1, -0.05) is 428 Å². The Hall–Kier alpha value is -15.7. The van der Waals surface area contributed by atoms with Crippen LogP contribution < -0.4 is 52.4 Å². The third kappa shape index (κ3) is 13.9. The molecule has 146 heavy (non-hydrogen) atoms. The van der Waals surface area contributed by atoms with E-state index in [9.17, 15) is 0 Å². The first kappa shape index (κ1) is 90.3. The highest BCUT2D eigenvalue weighted by molar-refractivity contribution is 7.03. The van der Waals surface area contributed by atoms with E-state index in [4.69, 9.17) is 0 Å². The summed E-state index contributed by atoms with van der Waals surface area (Å²) < 4.78 is 2.59. The van der Waals surface area contributed by atoms with Crippen LogP contribution in [-0.2, 0) is 37.9 Å². The van der Waals surface area contributed by atoms with Gasteiger partial charge in [-0.3, -0.25) is 0 Å². The third-order valence-electron chi connectivity index (χ3n) is 32.8. The van der Waals surface area contributed by atoms with Gasteiger partial charge in [0.15, 0.2) is 0 Å². The van der Waals surface area contributed by atoms with Gasteiger partial charge >= 0.3 is 0 Å². The van der Waals surface area contributed by atoms with E-state index in [0.29, 0.717) is 0 Å². The van der Waals surface area contributed by atoms with Crippen LogP contribution in [0.5, 0.6) is 0 Å². The molecular weight excluding hydrogens is 1760 g/mol. The first-order chi connectivity index (χ1) is 70.2. The number of benzene rings is 19. The maximum atomic E-state index is 2.81. The molecule has 26 rings (SSSR count). The van der Waals surface area contributed by atoms with Crippen LogP contribution in [-0.4, -0.2) is 18.0 Å². The molecule has 0 radical (unpaired) electrons. The van der Waals surface area contributed by atoms with E-state index in [2.05, 4.69) is 555 Å². The van der Waals surface area contributed by atoms with Gasteiger partial charge in [-0.2, -0.15) is 0 Å². The zero-order chi connectivity index (χ0) is 100. The lowest BCUT2D eigenvalue weighted by atomic mass is 9.30. The van der Waals surface area contributed by atoms with E-state index in [1.54, 1.807) is 0 Å². The van der Waals surface area contributed by atoms with Gasteiger partial charge in [0.2, 0.25) is 0 Å². The number of nitrogens with zero attached hydrogens (tertiary/aromatic N) is 5. The average molecular weight is 1880 g/mol. The molecule has 5 heterocycles. The highest BCUT2D eigenvalue weighted by Gasteiger charge is 2.55. The van der Waals surface area contributed by atoms with E-state index in [-0.39, 0.29) is 45.9 Å². The second-order valence-electron chi connectivity index (χ2n) is 47.9. The van der Waals surface area contributed by atoms with Gasteiger partial charge in [0, 0.05) is 89.9 Å². The monoisotopic (exact) mass is 1880 g/mol. The molecule has 4 aliphatic heterocycles. The average Bonchev–Trinajstić information content (AvgIpc) is 1.51. The molecule has 0 saturated heterocycles. The van der Waals surface area contributed by atoms with Crippen LogP contribution in [0.4, 0.5) is 68.2 Å². The highest BCUT2D eigenvalue weighted by Crippen LogP contribution is 2.66. The molecule has 0 bridgehead atoms. The van der Waals surface area contributed by atoms with Gasteiger partial charge in [0.1, 0.15) is 0 Å². The van der Waals surface area contributed by atoms with Crippen molar-refractivity contribution in [1.29, 1.82) is 0 Å². The van der Waals surface area contributed by atoms with Crippen molar-refractivity contribution in [3.8, 4) is 83.6 Å². The summed E-state index contributed by atoms with van der Waals surface area (Å²) in [5.41, 5.74) is 51.4. The van der Waals surface area contributed by atoms with E-state index in [1.165, 1.54) is 127 Å². The number of aromatic nitrogens is 1. The Balaban J connectivity index is 0.855. The van der Waals surface area contributed by atoms with Gasteiger partial charge in [-0.15, -0.1) is 0 Å². The minimum Gasteiger partial charge on any atom is -0.311 e. The molecule has 1 aromatic heterocycles. The number of para-hydroxylation sites is 4. The van der Waals surface area contributed by atoms with Crippen molar-refractivity contribution in [2.24, 2.45) is 0 Å². The first-order valence-corrected chi connectivity index (χ1v) is 52.5. The summed E-state index contributed by atoms with van der Waals surface area (Å²) in [6.45, 7) is 42.5. The van der Waals surface area contributed by atoms with E-state index < -0.39 is 5.41 Å². The van der Waals surface area contributed by atoms with Crippen molar-refractivity contribution in [1.82, 2.24) is 4.57 Å². The number of rotatable bonds is 10. The second kappa shape index (κ2) is 32.7. The zero-order valence-corrected chi connectivity index (χ0v) is 87.1. The molecule has 20 aromatic rings. The van der Waals surface area contributed by atoms with Gasteiger partial charge in [0.05, 0.1) is 33.5 Å². The topological polar surface area (TPSA) is 17.9 Å². The van der Waals surface area contributed by atoms with Crippen LogP contribution in [0, 0.1) is 0 Å². The Kier molecular flexibility index (Phi) is 20.2. The first-order valence-electron chi connectivity index (χ1n) is 52.5. The van der Waals surface area contributed by atoms with Crippen molar-refractivity contribution in [2.75, 3.05) is 19.6 Å². The summed E-state index contributed by atoms with van der Waals surface area (Å²) in [7, 11) is 0. The van der Waals surface area contributed by atoms with Crippen LogP contribution in [0.3, 0.4) is 0 Å². The lowest BCUT2D eigenvalue weighted by Crippen LogP contribution is -2.65. The van der Waals surface area contributed by atoms with Crippen LogP contribution >= 0.6 is 0 Å². The van der Waals surface area contributed by atoms with Crippen molar-refractivity contribution in [3.05, 3.63) is 462 Å². The van der Waals surface area contributed by atoms with Gasteiger partial charge < -0.3 is 24.2 Å². The molecule has 0 fully saturated rings. The Morgan fingerprint density at radius 2 is 0.486 bits per heavy atom. The predicted octanol–water partition coefficient (Wildman–Crippen LogP) is 33.4. The molecular formula is C139H121B2N5. The third-order valence-corrected chi connectivity index (χ3v) is 32.8. The number of hydrogen-bond donors (Lipinski definition) is 0. The molecule has 2 aliphatic carbocycles.